The van der Waals surface area contributed by atoms with Gasteiger partial charge in [-0.3, -0.25) is 10.1 Å². The van der Waals surface area contributed by atoms with Gasteiger partial charge in [0.05, 0.1) is 0 Å². The number of rotatable bonds is 7. The van der Waals surface area contributed by atoms with Crippen LogP contribution in [0.2, 0.25) is 0 Å². The van der Waals surface area contributed by atoms with Gasteiger partial charge >= 0.3 is 6.03 Å². The van der Waals surface area contributed by atoms with Gasteiger partial charge in [-0.2, -0.15) is 4.98 Å². The lowest BCUT2D eigenvalue weighted by Crippen LogP contribution is -2.29. The number of benzene rings is 2. The van der Waals surface area contributed by atoms with Gasteiger partial charge in [0.15, 0.2) is 0 Å². The van der Waals surface area contributed by atoms with Gasteiger partial charge < -0.3 is 20.9 Å². The van der Waals surface area contributed by atoms with Gasteiger partial charge in [0.2, 0.25) is 11.9 Å². The Morgan fingerprint density at radius 1 is 0.882 bits per heavy atom. The Labute approximate surface area is 198 Å². The van der Waals surface area contributed by atoms with Crippen LogP contribution in [-0.2, 0) is 4.79 Å². The summed E-state index contributed by atoms with van der Waals surface area (Å²) < 4.78 is 0. The molecule has 4 rings (SSSR count). The SMILES string of the molecule is C=CC(=O)Nc1cccc(NC(=O)Nc2ccnc(Nc3ccc(N4CCCCC4)cc3)n2)c1. The number of anilines is 6. The third-order valence-corrected chi connectivity index (χ3v) is 5.32. The summed E-state index contributed by atoms with van der Waals surface area (Å²) in [5.74, 6) is 0.387. The van der Waals surface area contributed by atoms with E-state index in [0.717, 1.165) is 18.8 Å². The van der Waals surface area contributed by atoms with E-state index in [-0.39, 0.29) is 5.91 Å². The molecule has 3 amide bonds. The Morgan fingerprint density at radius 2 is 1.62 bits per heavy atom. The molecule has 2 aromatic carbocycles. The van der Waals surface area contributed by atoms with Crippen molar-refractivity contribution in [1.82, 2.24) is 9.97 Å². The number of piperidine rings is 1. The van der Waals surface area contributed by atoms with Crippen molar-refractivity contribution in [2.75, 3.05) is 39.3 Å². The van der Waals surface area contributed by atoms with Crippen LogP contribution in [0.15, 0.2) is 73.4 Å². The molecule has 1 aromatic heterocycles. The average molecular weight is 458 g/mol. The second-order valence-corrected chi connectivity index (χ2v) is 7.84. The molecule has 174 valence electrons. The van der Waals surface area contributed by atoms with Crippen molar-refractivity contribution >= 4 is 46.5 Å². The van der Waals surface area contributed by atoms with Crippen molar-refractivity contribution < 1.29 is 9.59 Å². The molecule has 9 nitrogen and oxygen atoms in total. The lowest BCUT2D eigenvalue weighted by Gasteiger charge is -2.28. The first-order chi connectivity index (χ1) is 16.6. The maximum atomic E-state index is 12.4. The molecule has 1 aliphatic heterocycles. The summed E-state index contributed by atoms with van der Waals surface area (Å²) in [6, 6.07) is 16.1. The first-order valence-corrected chi connectivity index (χ1v) is 11.2. The average Bonchev–Trinajstić information content (AvgIpc) is 2.85. The summed E-state index contributed by atoms with van der Waals surface area (Å²) in [4.78, 5) is 34.9. The number of nitrogens with one attached hydrogen (secondary N) is 4. The van der Waals surface area contributed by atoms with E-state index in [1.165, 1.54) is 31.0 Å². The van der Waals surface area contributed by atoms with Crippen LogP contribution in [0.1, 0.15) is 19.3 Å². The summed E-state index contributed by atoms with van der Waals surface area (Å²) in [5.41, 5.74) is 3.13. The highest BCUT2D eigenvalue weighted by molar-refractivity contribution is 6.01. The zero-order valence-electron chi connectivity index (χ0n) is 18.8. The molecule has 0 atom stereocenters. The smallest absolute Gasteiger partial charge is 0.324 e. The van der Waals surface area contributed by atoms with Crippen LogP contribution in [0, 0.1) is 0 Å². The molecular formula is C25H27N7O2. The van der Waals surface area contributed by atoms with E-state index in [9.17, 15) is 9.59 Å². The maximum absolute atomic E-state index is 12.4. The van der Waals surface area contributed by atoms with Crippen LogP contribution in [0.4, 0.5) is 39.3 Å². The van der Waals surface area contributed by atoms with E-state index < -0.39 is 6.03 Å². The Kier molecular flexibility index (Phi) is 7.34. The molecule has 0 aliphatic carbocycles. The molecule has 34 heavy (non-hydrogen) atoms. The van der Waals surface area contributed by atoms with E-state index >= 15 is 0 Å². The minimum absolute atomic E-state index is 0.330. The lowest BCUT2D eigenvalue weighted by atomic mass is 10.1. The number of nitrogens with zero attached hydrogens (tertiary/aromatic N) is 3. The van der Waals surface area contributed by atoms with Crippen LogP contribution in [0.3, 0.4) is 0 Å². The van der Waals surface area contributed by atoms with Crippen molar-refractivity contribution in [1.29, 1.82) is 0 Å². The molecule has 9 heteroatoms. The normalized spacial score (nSPS) is 13.0. The fourth-order valence-corrected chi connectivity index (χ4v) is 3.67. The summed E-state index contributed by atoms with van der Waals surface area (Å²) in [6.45, 7) is 5.61. The largest absolute Gasteiger partial charge is 0.372 e. The first-order valence-electron chi connectivity index (χ1n) is 11.2. The summed E-state index contributed by atoms with van der Waals surface area (Å²) in [5, 5.41) is 11.2. The maximum Gasteiger partial charge on any atom is 0.324 e. The van der Waals surface area contributed by atoms with Gasteiger partial charge in [-0.25, -0.2) is 9.78 Å². The molecule has 1 aliphatic rings. The van der Waals surface area contributed by atoms with Gasteiger partial charge in [-0.1, -0.05) is 12.6 Å². The number of urea groups is 1. The zero-order valence-corrected chi connectivity index (χ0v) is 18.8. The standard InChI is InChI=1S/C25H27N7O2/c1-2-23(33)27-19-7-6-8-20(17-19)29-25(34)31-22-13-14-26-24(30-22)28-18-9-11-21(12-10-18)32-15-4-3-5-16-32/h2,6-14,17H,1,3-5,15-16H2,(H,27,33)(H3,26,28,29,30,31,34). The zero-order chi connectivity index (χ0) is 23.8. The van der Waals surface area contributed by atoms with E-state index in [4.69, 9.17) is 0 Å². The van der Waals surface area contributed by atoms with Crippen LogP contribution < -0.4 is 26.2 Å². The third kappa shape index (κ3) is 6.32. The lowest BCUT2D eigenvalue weighted by molar-refractivity contribution is -0.111. The van der Waals surface area contributed by atoms with Gasteiger partial charge in [0.25, 0.3) is 0 Å². The summed E-state index contributed by atoms with van der Waals surface area (Å²) in [7, 11) is 0. The van der Waals surface area contributed by atoms with Crippen LogP contribution in [-0.4, -0.2) is 35.0 Å². The molecule has 0 unspecified atom stereocenters. The van der Waals surface area contributed by atoms with E-state index in [2.05, 4.69) is 54.8 Å². The summed E-state index contributed by atoms with van der Waals surface area (Å²) in [6.07, 6.45) is 6.52. The van der Waals surface area contributed by atoms with Gasteiger partial charge in [-0.15, -0.1) is 0 Å². The number of hydrogen-bond acceptors (Lipinski definition) is 6. The monoisotopic (exact) mass is 457 g/mol. The second-order valence-electron chi connectivity index (χ2n) is 7.84. The van der Waals surface area contributed by atoms with Crippen molar-refractivity contribution in [2.45, 2.75) is 19.3 Å². The van der Waals surface area contributed by atoms with Crippen LogP contribution in [0.25, 0.3) is 0 Å². The van der Waals surface area contributed by atoms with Gasteiger partial charge in [0, 0.05) is 42.0 Å². The van der Waals surface area contributed by atoms with E-state index in [1.54, 1.807) is 36.5 Å². The Balaban J connectivity index is 1.34. The van der Waals surface area contributed by atoms with Crippen molar-refractivity contribution in [3.8, 4) is 0 Å². The second kappa shape index (κ2) is 11.0. The van der Waals surface area contributed by atoms with Crippen molar-refractivity contribution in [3.63, 3.8) is 0 Å². The quantitative estimate of drug-likeness (QED) is 0.373. The topological polar surface area (TPSA) is 111 Å². The number of aromatic nitrogens is 2. The molecular weight excluding hydrogens is 430 g/mol. The fourth-order valence-electron chi connectivity index (χ4n) is 3.67. The molecule has 2 heterocycles. The first kappa shape index (κ1) is 22.8. The minimum Gasteiger partial charge on any atom is -0.372 e. The van der Waals surface area contributed by atoms with Gasteiger partial charge in [-0.05, 0) is 73.9 Å². The minimum atomic E-state index is -0.470. The predicted octanol–water partition coefficient (Wildman–Crippen LogP) is 4.98. The Morgan fingerprint density at radius 3 is 2.35 bits per heavy atom. The third-order valence-electron chi connectivity index (χ3n) is 5.32. The molecule has 3 aromatic rings. The van der Waals surface area contributed by atoms with E-state index in [0.29, 0.717) is 23.1 Å². The number of carbonyl (C=O) groups excluding carboxylic acids is 2. The molecule has 0 spiro atoms. The predicted molar refractivity (Wildman–Crippen MR) is 136 cm³/mol. The Hall–Kier alpha value is -4.40. The highest BCUT2D eigenvalue weighted by atomic mass is 16.2. The summed E-state index contributed by atoms with van der Waals surface area (Å²) >= 11 is 0. The molecule has 1 saturated heterocycles. The van der Waals surface area contributed by atoms with Crippen LogP contribution >= 0.6 is 0 Å². The highest BCUT2D eigenvalue weighted by Gasteiger charge is 2.11. The van der Waals surface area contributed by atoms with Crippen molar-refractivity contribution in [2.24, 2.45) is 0 Å². The molecule has 0 saturated carbocycles. The number of hydrogen-bond donors (Lipinski definition) is 4. The molecule has 1 fully saturated rings. The fraction of sp³-hybridized carbons (Fsp3) is 0.200. The molecule has 0 radical (unpaired) electrons. The molecule has 4 N–H and O–H groups in total. The van der Waals surface area contributed by atoms with Gasteiger partial charge in [0.1, 0.15) is 5.82 Å². The molecule has 0 bridgehead atoms. The highest BCUT2D eigenvalue weighted by Crippen LogP contribution is 2.23. The number of carbonyl (C=O) groups is 2. The Bertz CT molecular complexity index is 1160. The van der Waals surface area contributed by atoms with Crippen molar-refractivity contribution in [3.05, 3.63) is 73.4 Å². The number of amides is 3. The van der Waals surface area contributed by atoms with Crippen LogP contribution in [0.5, 0.6) is 0 Å². The van der Waals surface area contributed by atoms with E-state index in [1.807, 2.05) is 12.1 Å².